The predicted octanol–water partition coefficient (Wildman–Crippen LogP) is 6.12. The highest BCUT2D eigenvalue weighted by atomic mass is 19.4. The molecule has 0 bridgehead atoms. The van der Waals surface area contributed by atoms with Crippen molar-refractivity contribution in [2.45, 2.75) is 97.2 Å². The minimum Gasteiger partial charge on any atom is -0.471 e. The number of nitrogens with one attached hydrogen (secondary N) is 1. The molecule has 2 atom stereocenters. The Hall–Kier alpha value is -4.29. The van der Waals surface area contributed by atoms with Gasteiger partial charge < -0.3 is 29.5 Å². The number of fused-ring (bicyclic) bond motifs is 1. The Labute approximate surface area is 279 Å². The van der Waals surface area contributed by atoms with Gasteiger partial charge in [0.2, 0.25) is 11.5 Å². The van der Waals surface area contributed by atoms with Crippen LogP contribution in [-0.4, -0.2) is 77.5 Å². The first-order valence-electron chi connectivity index (χ1n) is 16.3. The average molecular weight is 675 g/mol. The third-order valence-electron chi connectivity index (χ3n) is 8.43. The van der Waals surface area contributed by atoms with Gasteiger partial charge in [-0.1, -0.05) is 37.3 Å². The molecule has 0 saturated carbocycles. The quantitative estimate of drug-likeness (QED) is 0.362. The molecule has 2 aromatic carbocycles. The topological polar surface area (TPSA) is 108 Å². The van der Waals surface area contributed by atoms with Crippen LogP contribution in [0.1, 0.15) is 89.2 Å². The molecule has 0 radical (unpaired) electrons. The second-order valence-corrected chi connectivity index (χ2v) is 13.6. The molecule has 1 fully saturated rings. The third kappa shape index (κ3) is 7.87. The number of piperidine rings is 1. The normalized spacial score (nSPS) is 19.8. The lowest BCUT2D eigenvalue weighted by Crippen LogP contribution is -2.55. The maximum atomic E-state index is 14.8. The predicted molar refractivity (Wildman–Crippen MR) is 174 cm³/mol. The summed E-state index contributed by atoms with van der Waals surface area (Å²) in [4.78, 5) is 57.4. The van der Waals surface area contributed by atoms with Crippen molar-refractivity contribution in [3.8, 4) is 5.75 Å². The summed E-state index contributed by atoms with van der Waals surface area (Å²) in [5, 5.41) is 2.70. The molecule has 1 unspecified atom stereocenters. The van der Waals surface area contributed by atoms with Crippen molar-refractivity contribution in [1.82, 2.24) is 15.1 Å². The number of amides is 4. The summed E-state index contributed by atoms with van der Waals surface area (Å²) < 4.78 is 56.0. The lowest BCUT2D eigenvalue weighted by molar-refractivity contribution is -0.138. The monoisotopic (exact) mass is 674 g/mol. The molecule has 1 saturated heterocycles. The fourth-order valence-corrected chi connectivity index (χ4v) is 6.13. The van der Waals surface area contributed by atoms with Crippen LogP contribution in [0.25, 0.3) is 0 Å². The van der Waals surface area contributed by atoms with Crippen molar-refractivity contribution >= 4 is 29.5 Å². The molecule has 0 aliphatic carbocycles. The molecule has 4 rings (SSSR count). The van der Waals surface area contributed by atoms with E-state index in [-0.39, 0.29) is 43.4 Å². The number of rotatable bonds is 8. The van der Waals surface area contributed by atoms with Gasteiger partial charge in [0.15, 0.2) is 0 Å². The SMILES string of the molecule is CCC(=O)NCCN1C(=O)C(C)(c2ccccc2)Oc2cc(C(F)(F)F)c(C(=O)N(C(C)C)[C@@H]3CCCN(C(=O)OC(C)(C)C)C3)cc21. The van der Waals surface area contributed by atoms with Crippen molar-refractivity contribution in [1.29, 1.82) is 0 Å². The molecule has 2 heterocycles. The molecule has 2 aliphatic heterocycles. The Morgan fingerprint density at radius 3 is 2.38 bits per heavy atom. The molecule has 0 aromatic heterocycles. The van der Waals surface area contributed by atoms with Gasteiger partial charge in [-0.2, -0.15) is 13.2 Å². The van der Waals surface area contributed by atoms with Gasteiger partial charge in [0.1, 0.15) is 11.4 Å². The third-order valence-corrected chi connectivity index (χ3v) is 8.43. The maximum absolute atomic E-state index is 14.8. The van der Waals surface area contributed by atoms with Crippen molar-refractivity contribution < 1.29 is 41.8 Å². The van der Waals surface area contributed by atoms with Crippen LogP contribution in [0, 0.1) is 0 Å². The first-order chi connectivity index (χ1) is 22.4. The largest absolute Gasteiger partial charge is 0.471 e. The Bertz CT molecular complexity index is 1520. The zero-order valence-electron chi connectivity index (χ0n) is 28.6. The van der Waals surface area contributed by atoms with E-state index in [1.54, 1.807) is 71.9 Å². The fraction of sp³-hybridized carbons (Fsp3) is 0.543. The minimum absolute atomic E-state index is 0.0155. The van der Waals surface area contributed by atoms with Gasteiger partial charge in [0, 0.05) is 44.2 Å². The van der Waals surface area contributed by atoms with E-state index in [4.69, 9.17) is 9.47 Å². The molecule has 10 nitrogen and oxygen atoms in total. The van der Waals surface area contributed by atoms with E-state index in [0.29, 0.717) is 24.9 Å². The van der Waals surface area contributed by atoms with Crippen LogP contribution < -0.4 is 15.0 Å². The molecule has 262 valence electrons. The van der Waals surface area contributed by atoms with E-state index in [2.05, 4.69) is 5.32 Å². The lowest BCUT2D eigenvalue weighted by atomic mass is 9.91. The van der Waals surface area contributed by atoms with Crippen molar-refractivity contribution in [2.75, 3.05) is 31.1 Å². The van der Waals surface area contributed by atoms with Crippen molar-refractivity contribution in [3.05, 3.63) is 59.2 Å². The van der Waals surface area contributed by atoms with Crippen LogP contribution in [0.5, 0.6) is 5.75 Å². The Morgan fingerprint density at radius 1 is 1.12 bits per heavy atom. The number of nitrogens with zero attached hydrogens (tertiary/aromatic N) is 3. The second kappa shape index (κ2) is 14.1. The lowest BCUT2D eigenvalue weighted by Gasteiger charge is -2.43. The van der Waals surface area contributed by atoms with E-state index in [0.717, 1.165) is 12.1 Å². The van der Waals surface area contributed by atoms with Gasteiger partial charge in [0.05, 0.1) is 22.9 Å². The first-order valence-corrected chi connectivity index (χ1v) is 16.3. The van der Waals surface area contributed by atoms with Crippen molar-refractivity contribution in [2.24, 2.45) is 0 Å². The zero-order chi connectivity index (χ0) is 35.6. The van der Waals surface area contributed by atoms with Crippen LogP contribution in [0.3, 0.4) is 0 Å². The zero-order valence-corrected chi connectivity index (χ0v) is 28.6. The molecular weight excluding hydrogens is 629 g/mol. The number of hydrogen-bond acceptors (Lipinski definition) is 6. The van der Waals surface area contributed by atoms with Gasteiger partial charge in [-0.05, 0) is 66.5 Å². The highest BCUT2D eigenvalue weighted by molar-refractivity contribution is 6.05. The van der Waals surface area contributed by atoms with Crippen LogP contribution >= 0.6 is 0 Å². The van der Waals surface area contributed by atoms with Gasteiger partial charge in [0.25, 0.3) is 11.8 Å². The first kappa shape index (κ1) is 36.5. The number of ether oxygens (including phenoxy) is 2. The second-order valence-electron chi connectivity index (χ2n) is 13.6. The summed E-state index contributed by atoms with van der Waals surface area (Å²) in [6.07, 6.45) is -4.31. The summed E-state index contributed by atoms with van der Waals surface area (Å²) in [5.41, 5.74) is -3.88. The number of alkyl halides is 3. The summed E-state index contributed by atoms with van der Waals surface area (Å²) >= 11 is 0. The minimum atomic E-state index is -4.95. The molecule has 48 heavy (non-hydrogen) atoms. The Balaban J connectivity index is 1.80. The van der Waals surface area contributed by atoms with E-state index in [1.165, 1.54) is 21.6 Å². The number of likely N-dealkylation sites (tertiary alicyclic amines) is 1. The fourth-order valence-electron chi connectivity index (χ4n) is 6.13. The molecule has 2 aromatic rings. The summed E-state index contributed by atoms with van der Waals surface area (Å²) in [6.45, 7) is 12.2. The van der Waals surface area contributed by atoms with Crippen LogP contribution in [0.4, 0.5) is 23.7 Å². The molecule has 0 spiro atoms. The highest BCUT2D eigenvalue weighted by Crippen LogP contribution is 2.47. The summed E-state index contributed by atoms with van der Waals surface area (Å²) in [6, 6.07) is 9.14. The van der Waals surface area contributed by atoms with Crippen LogP contribution in [-0.2, 0) is 26.1 Å². The smallest absolute Gasteiger partial charge is 0.417 e. The molecule has 2 aliphatic rings. The van der Waals surface area contributed by atoms with E-state index in [1.807, 2.05) is 0 Å². The van der Waals surface area contributed by atoms with Crippen LogP contribution in [0.2, 0.25) is 0 Å². The molecular formula is C35H45F3N4O6. The van der Waals surface area contributed by atoms with Gasteiger partial charge in [-0.25, -0.2) is 4.79 Å². The molecule has 1 N–H and O–H groups in total. The summed E-state index contributed by atoms with van der Waals surface area (Å²) in [7, 11) is 0. The van der Waals surface area contributed by atoms with Crippen LogP contribution in [0.15, 0.2) is 42.5 Å². The molecule has 4 amide bonds. The molecule has 13 heteroatoms. The number of hydrogen-bond donors (Lipinski definition) is 1. The van der Waals surface area contributed by atoms with Gasteiger partial charge >= 0.3 is 12.3 Å². The van der Waals surface area contributed by atoms with Crippen molar-refractivity contribution in [3.63, 3.8) is 0 Å². The Morgan fingerprint density at radius 2 is 1.79 bits per heavy atom. The number of anilines is 1. The maximum Gasteiger partial charge on any atom is 0.417 e. The van der Waals surface area contributed by atoms with Gasteiger partial charge in [-0.3, -0.25) is 14.4 Å². The number of carbonyl (C=O) groups excluding carboxylic acids is 4. The number of benzene rings is 2. The highest BCUT2D eigenvalue weighted by Gasteiger charge is 2.48. The van der Waals surface area contributed by atoms with E-state index >= 15 is 0 Å². The summed E-state index contributed by atoms with van der Waals surface area (Å²) in [5.74, 6) is -1.94. The number of carbonyl (C=O) groups is 4. The van der Waals surface area contributed by atoms with E-state index < -0.39 is 58.5 Å². The standard InChI is InChI=1S/C35H45F3N4O6/c1-8-29(43)39-16-18-41-27-19-25(30(44)42(22(2)3)24-15-12-17-40(21-24)32(46)48-33(4,5)6)26(35(36,37)38)20-28(27)47-34(7,31(41)45)23-13-10-9-11-14-23/h9-11,13-14,19-20,22,24H,8,12,15-18,21H2,1-7H3,(H,39,43)/t24-,34?/m1/s1. The average Bonchev–Trinajstić information content (AvgIpc) is 3.01. The van der Waals surface area contributed by atoms with Gasteiger partial charge in [-0.15, -0.1) is 0 Å². The van der Waals surface area contributed by atoms with E-state index in [9.17, 15) is 32.3 Å². The number of halogens is 3. The Kier molecular flexibility index (Phi) is 10.7.